The van der Waals surface area contributed by atoms with Crippen molar-refractivity contribution in [2.45, 2.75) is 13.8 Å². The van der Waals surface area contributed by atoms with Gasteiger partial charge in [-0.2, -0.15) is 5.10 Å². The van der Waals surface area contributed by atoms with Crippen molar-refractivity contribution < 1.29 is 4.79 Å². The molecule has 0 aliphatic heterocycles. The van der Waals surface area contributed by atoms with Crippen LogP contribution in [0.3, 0.4) is 0 Å². The summed E-state index contributed by atoms with van der Waals surface area (Å²) < 4.78 is 3.54. The van der Waals surface area contributed by atoms with E-state index < -0.39 is 0 Å². The first-order valence-electron chi connectivity index (χ1n) is 4.16. The molecule has 78 valence electrons. The molecule has 0 aromatic carbocycles. The van der Waals surface area contributed by atoms with Crippen molar-refractivity contribution in [3.8, 4) is 0 Å². The zero-order valence-corrected chi connectivity index (χ0v) is 8.92. The topological polar surface area (TPSA) is 96.5 Å². The van der Waals surface area contributed by atoms with Crippen LogP contribution in [0.25, 0.3) is 0 Å². The van der Waals surface area contributed by atoms with Crippen molar-refractivity contribution in [2.24, 2.45) is 0 Å². The maximum absolute atomic E-state index is 11.8. The summed E-state index contributed by atoms with van der Waals surface area (Å²) in [4.78, 5) is 11.8. The van der Waals surface area contributed by atoms with Gasteiger partial charge in [-0.15, -0.1) is 0 Å². The Balaban J connectivity index is 2.22. The molecule has 2 aromatic rings. The fraction of sp³-hybridized carbons (Fsp3) is 0.286. The summed E-state index contributed by atoms with van der Waals surface area (Å²) in [6.45, 7) is 3.55. The Kier molecular flexibility index (Phi) is 2.42. The Morgan fingerprint density at radius 1 is 1.47 bits per heavy atom. The van der Waals surface area contributed by atoms with E-state index >= 15 is 0 Å². The van der Waals surface area contributed by atoms with Gasteiger partial charge in [-0.3, -0.25) is 15.2 Å². The number of amides is 1. The molecule has 8 heteroatoms. The number of hydrogen-bond acceptors (Lipinski definition) is 6. The zero-order chi connectivity index (χ0) is 10.8. The average molecular weight is 224 g/mol. The Morgan fingerprint density at radius 3 is 2.80 bits per heavy atom. The molecule has 15 heavy (non-hydrogen) atoms. The molecule has 2 aromatic heterocycles. The van der Waals surface area contributed by atoms with Crippen molar-refractivity contribution in [3.05, 3.63) is 17.0 Å². The van der Waals surface area contributed by atoms with Crippen LogP contribution >= 0.6 is 11.5 Å². The molecule has 0 spiro atoms. The lowest BCUT2D eigenvalue weighted by molar-refractivity contribution is 0.102. The number of aromatic amines is 1. The second-order valence-corrected chi connectivity index (χ2v) is 3.66. The normalized spacial score (nSPS) is 10.3. The fourth-order valence-corrected chi connectivity index (χ4v) is 1.59. The minimum Gasteiger partial charge on any atom is -0.295 e. The van der Waals surface area contributed by atoms with Crippen LogP contribution in [0.15, 0.2) is 0 Å². The van der Waals surface area contributed by atoms with E-state index in [9.17, 15) is 4.79 Å². The molecule has 1 amide bonds. The summed E-state index contributed by atoms with van der Waals surface area (Å²) in [5.74, 6) is -0.252. The van der Waals surface area contributed by atoms with Gasteiger partial charge in [0, 0.05) is 17.2 Å². The third-order valence-corrected chi connectivity index (χ3v) is 2.39. The van der Waals surface area contributed by atoms with E-state index in [1.807, 2.05) is 0 Å². The van der Waals surface area contributed by atoms with Crippen molar-refractivity contribution in [1.82, 2.24) is 25.0 Å². The summed E-state index contributed by atoms with van der Waals surface area (Å²) in [5.41, 5.74) is 1.91. The van der Waals surface area contributed by atoms with Crippen LogP contribution in [-0.4, -0.2) is 30.9 Å². The third-order valence-electron chi connectivity index (χ3n) is 1.87. The van der Waals surface area contributed by atoms with E-state index in [4.69, 9.17) is 0 Å². The summed E-state index contributed by atoms with van der Waals surface area (Å²) in [5, 5.41) is 16.6. The second kappa shape index (κ2) is 3.73. The summed E-state index contributed by atoms with van der Waals surface area (Å²) >= 11 is 1.03. The predicted molar refractivity (Wildman–Crippen MR) is 53.7 cm³/mol. The monoisotopic (exact) mass is 224 g/mol. The van der Waals surface area contributed by atoms with Crippen molar-refractivity contribution in [1.29, 1.82) is 0 Å². The molecule has 0 unspecified atom stereocenters. The van der Waals surface area contributed by atoms with Gasteiger partial charge in [0.1, 0.15) is 0 Å². The first kappa shape index (κ1) is 9.71. The molecule has 7 nitrogen and oxygen atoms in total. The third kappa shape index (κ3) is 1.84. The molecule has 0 radical (unpaired) electrons. The van der Waals surface area contributed by atoms with Crippen LogP contribution in [0.5, 0.6) is 0 Å². The van der Waals surface area contributed by atoms with Gasteiger partial charge in [0.15, 0.2) is 0 Å². The number of anilines is 1. The molecule has 0 saturated carbocycles. The minimum atomic E-state index is -0.252. The first-order valence-corrected chi connectivity index (χ1v) is 4.94. The minimum absolute atomic E-state index is 0.252. The van der Waals surface area contributed by atoms with Crippen LogP contribution in [-0.2, 0) is 0 Å². The SMILES string of the molecule is Cc1n[nH]c(C)c1C(=O)Nc1nnns1. The number of nitrogens with zero attached hydrogens (tertiary/aromatic N) is 4. The van der Waals surface area contributed by atoms with E-state index in [0.29, 0.717) is 16.4 Å². The molecule has 2 N–H and O–H groups in total. The standard InChI is InChI=1S/C7H8N6OS/c1-3-5(4(2)10-9-3)6(14)8-7-11-12-13-15-7/h1-2H3,(H,9,10)(H,8,11,13,14). The summed E-state index contributed by atoms with van der Waals surface area (Å²) in [6, 6.07) is 0. The van der Waals surface area contributed by atoms with Crippen molar-refractivity contribution in [3.63, 3.8) is 0 Å². The van der Waals surface area contributed by atoms with Crippen molar-refractivity contribution in [2.75, 3.05) is 5.32 Å². The number of carbonyl (C=O) groups excluding carboxylic acids is 1. The molecule has 2 heterocycles. The number of H-pyrrole nitrogens is 1. The van der Waals surface area contributed by atoms with Crippen LogP contribution in [0.1, 0.15) is 21.7 Å². The van der Waals surface area contributed by atoms with Gasteiger partial charge < -0.3 is 0 Å². The number of hydrogen-bond donors (Lipinski definition) is 2. The molecule has 0 atom stereocenters. The van der Waals surface area contributed by atoms with Crippen LogP contribution in [0, 0.1) is 13.8 Å². The molecule has 0 bridgehead atoms. The molecule has 0 fully saturated rings. The summed E-state index contributed by atoms with van der Waals surface area (Å²) in [7, 11) is 0. The maximum atomic E-state index is 11.8. The number of nitrogens with one attached hydrogen (secondary N) is 2. The quantitative estimate of drug-likeness (QED) is 0.775. The Bertz CT molecular complexity index is 456. The Labute approximate surface area is 89.1 Å². The average Bonchev–Trinajstić information content (AvgIpc) is 2.77. The molecular formula is C7H8N6OS. The van der Waals surface area contributed by atoms with Gasteiger partial charge in [0.25, 0.3) is 5.91 Å². The van der Waals surface area contributed by atoms with E-state index in [-0.39, 0.29) is 5.91 Å². The van der Waals surface area contributed by atoms with Crippen LogP contribution < -0.4 is 5.32 Å². The molecular weight excluding hydrogens is 216 g/mol. The lowest BCUT2D eigenvalue weighted by Gasteiger charge is -1.99. The highest BCUT2D eigenvalue weighted by Gasteiger charge is 2.16. The van der Waals surface area contributed by atoms with E-state index in [0.717, 1.165) is 17.2 Å². The summed E-state index contributed by atoms with van der Waals surface area (Å²) in [6.07, 6.45) is 0. The highest BCUT2D eigenvalue weighted by Crippen LogP contribution is 2.13. The second-order valence-electron chi connectivity index (χ2n) is 2.93. The van der Waals surface area contributed by atoms with E-state index in [1.54, 1.807) is 13.8 Å². The largest absolute Gasteiger partial charge is 0.295 e. The fourth-order valence-electron chi connectivity index (χ4n) is 1.23. The van der Waals surface area contributed by atoms with Gasteiger partial charge in [-0.05, 0) is 19.1 Å². The molecule has 0 aliphatic carbocycles. The Morgan fingerprint density at radius 2 is 2.27 bits per heavy atom. The highest BCUT2D eigenvalue weighted by atomic mass is 32.1. The van der Waals surface area contributed by atoms with E-state index in [2.05, 4.69) is 30.3 Å². The molecule has 0 saturated heterocycles. The van der Waals surface area contributed by atoms with Crippen LogP contribution in [0.2, 0.25) is 0 Å². The van der Waals surface area contributed by atoms with Gasteiger partial charge in [0.05, 0.1) is 11.3 Å². The van der Waals surface area contributed by atoms with Gasteiger partial charge in [-0.1, -0.05) is 9.59 Å². The maximum Gasteiger partial charge on any atom is 0.261 e. The molecule has 0 aliphatic rings. The van der Waals surface area contributed by atoms with Gasteiger partial charge in [0.2, 0.25) is 5.13 Å². The smallest absolute Gasteiger partial charge is 0.261 e. The van der Waals surface area contributed by atoms with Crippen molar-refractivity contribution >= 4 is 22.6 Å². The number of aryl methyl sites for hydroxylation is 2. The van der Waals surface area contributed by atoms with Gasteiger partial charge >= 0.3 is 0 Å². The van der Waals surface area contributed by atoms with Crippen LogP contribution in [0.4, 0.5) is 5.13 Å². The first-order chi connectivity index (χ1) is 7.18. The number of carbonyl (C=O) groups is 1. The molecule has 2 rings (SSSR count). The number of aromatic nitrogens is 5. The van der Waals surface area contributed by atoms with Gasteiger partial charge in [-0.25, -0.2) is 0 Å². The zero-order valence-electron chi connectivity index (χ0n) is 8.11. The Hall–Kier alpha value is -1.83. The lowest BCUT2D eigenvalue weighted by Crippen LogP contribution is -2.13. The van der Waals surface area contributed by atoms with E-state index in [1.165, 1.54) is 0 Å². The lowest BCUT2D eigenvalue weighted by atomic mass is 10.2. The number of rotatable bonds is 2. The predicted octanol–water partition coefficient (Wildman–Crippen LogP) is 0.525. The highest BCUT2D eigenvalue weighted by molar-refractivity contribution is 7.09.